The highest BCUT2D eigenvalue weighted by atomic mass is 15.1. The molecule has 0 aliphatic heterocycles. The quantitative estimate of drug-likeness (QED) is 0.138. The number of benzene rings is 10. The van der Waals surface area contributed by atoms with E-state index < -0.39 is 0 Å². The van der Waals surface area contributed by atoms with Crippen LogP contribution in [0.1, 0.15) is 37.5 Å². The molecule has 12 rings (SSSR count). The molecule has 10 aromatic carbocycles. The Morgan fingerprint density at radius 3 is 1.68 bits per heavy atom. The molecule has 0 unspecified atom stereocenters. The van der Waals surface area contributed by atoms with Gasteiger partial charge >= 0.3 is 0 Å². The first kappa shape index (κ1) is 39.4. The highest BCUT2D eigenvalue weighted by Crippen LogP contribution is 2.52. The van der Waals surface area contributed by atoms with E-state index in [1.165, 1.54) is 99.1 Å². The minimum Gasteiger partial charge on any atom is -0.310 e. The number of rotatable bonds is 8. The molecule has 1 heterocycles. The van der Waals surface area contributed by atoms with Crippen LogP contribution in [0.25, 0.3) is 88.5 Å². The van der Waals surface area contributed by atoms with Crippen molar-refractivity contribution >= 4 is 66.5 Å². The van der Waals surface area contributed by atoms with Gasteiger partial charge in [0, 0.05) is 38.9 Å². The summed E-state index contributed by atoms with van der Waals surface area (Å²) in [6, 6.07) is 78.6. The summed E-state index contributed by atoms with van der Waals surface area (Å²) in [5.74, 6) is 0. The second-order valence-corrected chi connectivity index (χ2v) is 18.1. The van der Waals surface area contributed by atoms with Crippen LogP contribution < -0.4 is 4.90 Å². The predicted octanol–water partition coefficient (Wildman–Crippen LogP) is 17.8. The lowest BCUT2D eigenvalue weighted by Gasteiger charge is -2.29. The lowest BCUT2D eigenvalue weighted by Crippen LogP contribution is -2.17. The molecule has 0 amide bonds. The smallest absolute Gasteiger partial charge is 0.0541 e. The van der Waals surface area contributed by atoms with Crippen molar-refractivity contribution in [1.29, 1.82) is 0 Å². The molecule has 0 radical (unpaired) electrons. The summed E-state index contributed by atoms with van der Waals surface area (Å²) >= 11 is 0. The average Bonchev–Trinajstić information content (AvgIpc) is 3.81. The number of fused-ring (bicyclic) bond motifs is 8. The van der Waals surface area contributed by atoms with Gasteiger partial charge < -0.3 is 9.47 Å². The van der Waals surface area contributed by atoms with E-state index in [0.29, 0.717) is 0 Å². The van der Waals surface area contributed by atoms with Crippen molar-refractivity contribution < 1.29 is 0 Å². The van der Waals surface area contributed by atoms with Crippen LogP contribution in [0.2, 0.25) is 0 Å². The highest BCUT2D eigenvalue weighted by Gasteiger charge is 2.36. The Bertz CT molecular complexity index is 3710. The summed E-state index contributed by atoms with van der Waals surface area (Å²) in [7, 11) is 0. The fourth-order valence-electron chi connectivity index (χ4n) is 10.6. The summed E-state index contributed by atoms with van der Waals surface area (Å²) in [5, 5.41) is 7.50. The fraction of sp³-hybridized carbons (Fsp3) is 0.0625. The number of aromatic nitrogens is 1. The average molecular weight is 845 g/mol. The van der Waals surface area contributed by atoms with Gasteiger partial charge in [-0.1, -0.05) is 172 Å². The molecule has 0 bridgehead atoms. The lowest BCUT2D eigenvalue weighted by atomic mass is 9.82. The van der Waals surface area contributed by atoms with Gasteiger partial charge in [0.15, 0.2) is 0 Å². The van der Waals surface area contributed by atoms with Crippen LogP contribution in [0.15, 0.2) is 231 Å². The Hall–Kier alpha value is -8.20. The largest absolute Gasteiger partial charge is 0.310 e. The molecule has 0 N–H and O–H groups in total. The Morgan fingerprint density at radius 2 is 0.970 bits per heavy atom. The van der Waals surface area contributed by atoms with Gasteiger partial charge in [-0.2, -0.15) is 0 Å². The van der Waals surface area contributed by atoms with Gasteiger partial charge in [-0.15, -0.1) is 0 Å². The first-order valence-electron chi connectivity index (χ1n) is 23.0. The van der Waals surface area contributed by atoms with E-state index in [4.69, 9.17) is 0 Å². The maximum absolute atomic E-state index is 2.45. The van der Waals surface area contributed by atoms with E-state index in [0.717, 1.165) is 17.1 Å². The molecular weight excluding hydrogens is 797 g/mol. The molecule has 11 aromatic rings. The second kappa shape index (κ2) is 15.8. The molecule has 1 aliphatic carbocycles. The number of nitrogens with zero attached hydrogens (tertiary/aromatic N) is 2. The molecule has 0 saturated heterocycles. The van der Waals surface area contributed by atoms with E-state index in [1.54, 1.807) is 0 Å². The van der Waals surface area contributed by atoms with Crippen LogP contribution in [0.5, 0.6) is 0 Å². The molecule has 0 spiro atoms. The minimum atomic E-state index is -0.252. The van der Waals surface area contributed by atoms with Crippen LogP contribution in [0.3, 0.4) is 0 Å². The topological polar surface area (TPSA) is 8.17 Å². The SMILES string of the molecule is C/C=C\C=C/c1cc(-c2cccc(N(c3cccc(-c4ccc5ccccc5c4)c3)c3ccc4c(c3)C(C)(C)c3cc(-n5c6ccccc6c6ccccc65)ccc3-4)c2)cc2ccccc12. The minimum absolute atomic E-state index is 0.252. The van der Waals surface area contributed by atoms with Gasteiger partial charge in [-0.25, -0.2) is 0 Å². The maximum Gasteiger partial charge on any atom is 0.0541 e. The second-order valence-electron chi connectivity index (χ2n) is 18.1. The van der Waals surface area contributed by atoms with Gasteiger partial charge in [0.2, 0.25) is 0 Å². The zero-order chi connectivity index (χ0) is 44.4. The predicted molar refractivity (Wildman–Crippen MR) is 283 cm³/mol. The summed E-state index contributed by atoms with van der Waals surface area (Å²) in [4.78, 5) is 2.45. The van der Waals surface area contributed by atoms with E-state index in [1.807, 2.05) is 0 Å². The molecule has 2 heteroatoms. The normalized spacial score (nSPS) is 13.1. The van der Waals surface area contributed by atoms with Crippen LogP contribution in [-0.2, 0) is 5.41 Å². The Labute approximate surface area is 386 Å². The van der Waals surface area contributed by atoms with Crippen LogP contribution in [0.4, 0.5) is 17.1 Å². The molecule has 66 heavy (non-hydrogen) atoms. The van der Waals surface area contributed by atoms with Crippen LogP contribution >= 0.6 is 0 Å². The molecule has 0 fully saturated rings. The van der Waals surface area contributed by atoms with Crippen molar-refractivity contribution in [3.63, 3.8) is 0 Å². The standard InChI is InChI=1S/C64H48N2/c1-4-5-6-19-48-37-50(38-49-20-9-10-25-55(48)49)46-22-16-24-52(40-46)65(51-23-15-21-45(39-51)47-31-30-43-17-7-8-18-44(43)36-47)53-32-34-56-57-35-33-54(42-61(57)64(2,3)60(56)41-53)66-62-28-13-11-26-58(62)59-27-12-14-29-63(59)66/h4-42H,1-3H3/b5-4-,19-6-. The van der Waals surface area contributed by atoms with Gasteiger partial charge in [0.25, 0.3) is 0 Å². The Balaban J connectivity index is 1.00. The number of hydrogen-bond donors (Lipinski definition) is 0. The lowest BCUT2D eigenvalue weighted by molar-refractivity contribution is 0.660. The summed E-state index contributed by atoms with van der Waals surface area (Å²) in [5.41, 5.74) is 17.9. The summed E-state index contributed by atoms with van der Waals surface area (Å²) in [6.07, 6.45) is 8.51. The third-order valence-corrected chi connectivity index (χ3v) is 13.8. The van der Waals surface area contributed by atoms with Crippen molar-refractivity contribution in [2.24, 2.45) is 0 Å². The number of allylic oxidation sites excluding steroid dienone is 3. The molecular formula is C64H48N2. The van der Waals surface area contributed by atoms with Crippen LogP contribution in [-0.4, -0.2) is 4.57 Å². The van der Waals surface area contributed by atoms with Crippen LogP contribution in [0, 0.1) is 0 Å². The van der Waals surface area contributed by atoms with E-state index in [-0.39, 0.29) is 5.41 Å². The third-order valence-electron chi connectivity index (χ3n) is 13.8. The Kier molecular flexibility index (Phi) is 9.43. The number of anilines is 3. The third kappa shape index (κ3) is 6.56. The maximum atomic E-state index is 2.45. The van der Waals surface area contributed by atoms with Crippen molar-refractivity contribution in [3.8, 4) is 39.1 Å². The zero-order valence-electron chi connectivity index (χ0n) is 37.4. The first-order chi connectivity index (χ1) is 32.4. The number of hydrogen-bond acceptors (Lipinski definition) is 1. The first-order valence-corrected chi connectivity index (χ1v) is 23.0. The zero-order valence-corrected chi connectivity index (χ0v) is 37.4. The molecule has 1 aliphatic rings. The summed E-state index contributed by atoms with van der Waals surface area (Å²) < 4.78 is 2.43. The van der Waals surface area contributed by atoms with Crippen molar-refractivity contribution in [2.75, 3.05) is 4.90 Å². The molecule has 2 nitrogen and oxygen atoms in total. The van der Waals surface area contributed by atoms with E-state index in [9.17, 15) is 0 Å². The monoisotopic (exact) mass is 844 g/mol. The van der Waals surface area contributed by atoms with E-state index in [2.05, 4.69) is 267 Å². The van der Waals surface area contributed by atoms with Crippen molar-refractivity contribution in [1.82, 2.24) is 4.57 Å². The molecule has 0 saturated carbocycles. The number of para-hydroxylation sites is 2. The van der Waals surface area contributed by atoms with Gasteiger partial charge in [0.1, 0.15) is 0 Å². The van der Waals surface area contributed by atoms with E-state index >= 15 is 0 Å². The van der Waals surface area contributed by atoms with Crippen molar-refractivity contribution in [2.45, 2.75) is 26.2 Å². The van der Waals surface area contributed by atoms with Crippen molar-refractivity contribution in [3.05, 3.63) is 247 Å². The van der Waals surface area contributed by atoms with Gasteiger partial charge in [0.05, 0.1) is 11.0 Å². The fourth-order valence-corrected chi connectivity index (χ4v) is 10.6. The molecule has 314 valence electrons. The summed E-state index contributed by atoms with van der Waals surface area (Å²) in [6.45, 7) is 6.84. The highest BCUT2D eigenvalue weighted by molar-refractivity contribution is 6.09. The van der Waals surface area contributed by atoms with Gasteiger partial charge in [-0.3, -0.25) is 0 Å². The molecule has 0 atom stereocenters. The molecule has 1 aromatic heterocycles. The Morgan fingerprint density at radius 1 is 0.409 bits per heavy atom. The van der Waals surface area contributed by atoms with Gasteiger partial charge in [-0.05, 0) is 157 Å².